The Morgan fingerprint density at radius 3 is 1.77 bits per heavy atom. The molecular weight excluding hydrogens is 396 g/mol. The van der Waals surface area contributed by atoms with Gasteiger partial charge in [-0.15, -0.1) is 0 Å². The Balaban J connectivity index is 2.26. The minimum atomic E-state index is -1.71. The first-order valence-corrected chi connectivity index (χ1v) is 9.80. The van der Waals surface area contributed by atoms with Gasteiger partial charge in [-0.05, 0) is 56.0 Å². The van der Waals surface area contributed by atoms with Gasteiger partial charge < -0.3 is 20.1 Å². The van der Waals surface area contributed by atoms with Crippen molar-refractivity contribution in [3.63, 3.8) is 0 Å². The minimum Gasteiger partial charge on any atom is -0.507 e. The second-order valence-electron chi connectivity index (χ2n) is 7.95. The van der Waals surface area contributed by atoms with Crippen molar-refractivity contribution in [2.24, 2.45) is 0 Å². The third kappa shape index (κ3) is 2.71. The molecule has 6 heteroatoms. The van der Waals surface area contributed by atoms with Gasteiger partial charge in [0.2, 0.25) is 0 Å². The van der Waals surface area contributed by atoms with Gasteiger partial charge in [-0.25, -0.2) is 9.59 Å². The summed E-state index contributed by atoms with van der Waals surface area (Å²) in [6.07, 6.45) is 0. The molecule has 0 radical (unpaired) electrons. The molecular formula is C25H22O6. The van der Waals surface area contributed by atoms with Crippen LogP contribution in [0.25, 0.3) is 0 Å². The van der Waals surface area contributed by atoms with E-state index in [0.29, 0.717) is 33.4 Å². The fourth-order valence-electron chi connectivity index (χ4n) is 4.47. The molecule has 0 amide bonds. The molecule has 3 aromatic rings. The van der Waals surface area contributed by atoms with Crippen molar-refractivity contribution in [3.8, 4) is 11.5 Å². The molecule has 0 aliphatic carbocycles. The van der Waals surface area contributed by atoms with E-state index in [1.165, 1.54) is 12.1 Å². The normalized spacial score (nSPS) is 14.3. The molecule has 0 saturated carbocycles. The number of phenolic OH excluding ortho intramolecular Hbond substituents is 2. The zero-order valence-corrected chi connectivity index (χ0v) is 17.6. The highest BCUT2D eigenvalue weighted by atomic mass is 16.6. The number of fused-ring (bicyclic) bond motifs is 1. The van der Waals surface area contributed by atoms with Gasteiger partial charge >= 0.3 is 11.9 Å². The summed E-state index contributed by atoms with van der Waals surface area (Å²) < 4.78 is 5.99. The van der Waals surface area contributed by atoms with Crippen LogP contribution in [-0.2, 0) is 10.3 Å². The van der Waals surface area contributed by atoms with Gasteiger partial charge in [0.25, 0.3) is 0 Å². The quantitative estimate of drug-likeness (QED) is 0.542. The number of aromatic hydroxyl groups is 2. The summed E-state index contributed by atoms with van der Waals surface area (Å²) in [5, 5.41) is 31.9. The third-order valence-electron chi connectivity index (χ3n) is 6.00. The topological polar surface area (TPSA) is 104 Å². The first-order valence-electron chi connectivity index (χ1n) is 9.80. The number of aromatic carboxylic acids is 1. The van der Waals surface area contributed by atoms with Gasteiger partial charge in [0, 0.05) is 16.7 Å². The standard InChI is InChI=1S/C25H22O6/c1-12-8-10-14(3)21(26)19(12)25(20-13(2)9-11-15(4)22(20)27)17-7-5-6-16(23(28)29)18(17)24(30)31-25/h5-11,26-27H,1-4H3,(H,28,29). The molecule has 0 saturated heterocycles. The van der Waals surface area contributed by atoms with E-state index in [4.69, 9.17) is 4.74 Å². The number of benzene rings is 3. The lowest BCUT2D eigenvalue weighted by Crippen LogP contribution is -2.32. The monoisotopic (exact) mass is 418 g/mol. The van der Waals surface area contributed by atoms with E-state index in [-0.39, 0.29) is 28.2 Å². The van der Waals surface area contributed by atoms with Gasteiger partial charge in [0.15, 0.2) is 5.60 Å². The fourth-order valence-corrected chi connectivity index (χ4v) is 4.47. The van der Waals surface area contributed by atoms with E-state index in [2.05, 4.69) is 0 Å². The molecule has 0 fully saturated rings. The van der Waals surface area contributed by atoms with Crippen molar-refractivity contribution in [3.05, 3.63) is 92.5 Å². The van der Waals surface area contributed by atoms with Crippen LogP contribution in [0.5, 0.6) is 11.5 Å². The Bertz CT molecular complexity index is 1210. The summed E-state index contributed by atoms with van der Waals surface area (Å²) in [5.41, 5.74) is 1.25. The summed E-state index contributed by atoms with van der Waals surface area (Å²) in [6.45, 7) is 6.98. The second-order valence-corrected chi connectivity index (χ2v) is 7.95. The average Bonchev–Trinajstić information content (AvgIpc) is 3.01. The Labute approximate surface area is 179 Å². The lowest BCUT2D eigenvalue weighted by Gasteiger charge is -2.34. The van der Waals surface area contributed by atoms with Crippen LogP contribution < -0.4 is 0 Å². The SMILES string of the molecule is Cc1ccc(C)c(C2(c3c(C)ccc(C)c3O)OC(=O)c3c(C(=O)O)cccc32)c1O. The van der Waals surface area contributed by atoms with Gasteiger partial charge in [-0.2, -0.15) is 0 Å². The molecule has 3 N–H and O–H groups in total. The fraction of sp³-hybridized carbons (Fsp3) is 0.200. The van der Waals surface area contributed by atoms with E-state index in [1.807, 2.05) is 0 Å². The maximum atomic E-state index is 13.1. The molecule has 0 spiro atoms. The molecule has 0 unspecified atom stereocenters. The van der Waals surface area contributed by atoms with E-state index >= 15 is 0 Å². The molecule has 0 bridgehead atoms. The Kier molecular flexibility index (Phi) is 4.54. The number of esters is 1. The van der Waals surface area contributed by atoms with E-state index in [0.717, 1.165) is 0 Å². The molecule has 0 atom stereocenters. The lowest BCUT2D eigenvalue weighted by molar-refractivity contribution is 0.0233. The molecule has 3 aromatic carbocycles. The van der Waals surface area contributed by atoms with Crippen molar-refractivity contribution in [1.29, 1.82) is 0 Å². The summed E-state index contributed by atoms with van der Waals surface area (Å²) in [7, 11) is 0. The Morgan fingerprint density at radius 1 is 0.806 bits per heavy atom. The second kappa shape index (κ2) is 6.87. The first-order chi connectivity index (χ1) is 14.6. The summed E-state index contributed by atoms with van der Waals surface area (Å²) in [6, 6.07) is 11.6. The molecule has 1 aliphatic heterocycles. The number of carbonyl (C=O) groups is 2. The van der Waals surface area contributed by atoms with Gasteiger partial charge in [-0.3, -0.25) is 0 Å². The predicted molar refractivity (Wildman–Crippen MR) is 114 cm³/mol. The molecule has 1 aliphatic rings. The molecule has 4 rings (SSSR count). The van der Waals surface area contributed by atoms with Gasteiger partial charge in [-0.1, -0.05) is 36.4 Å². The maximum absolute atomic E-state index is 13.1. The third-order valence-corrected chi connectivity index (χ3v) is 6.00. The lowest BCUT2D eigenvalue weighted by atomic mass is 9.74. The molecule has 31 heavy (non-hydrogen) atoms. The van der Waals surface area contributed by atoms with Crippen molar-refractivity contribution in [1.82, 2.24) is 0 Å². The Morgan fingerprint density at radius 2 is 1.29 bits per heavy atom. The zero-order chi connectivity index (χ0) is 22.7. The van der Waals surface area contributed by atoms with E-state index in [9.17, 15) is 24.9 Å². The van der Waals surface area contributed by atoms with Crippen LogP contribution in [0.4, 0.5) is 0 Å². The molecule has 0 aromatic heterocycles. The number of carbonyl (C=O) groups excluding carboxylic acids is 1. The van der Waals surface area contributed by atoms with Crippen LogP contribution in [0.1, 0.15) is 59.7 Å². The number of cyclic esters (lactones) is 1. The number of phenols is 2. The smallest absolute Gasteiger partial charge is 0.341 e. The number of carboxylic acids is 1. The number of ether oxygens (including phenoxy) is 1. The van der Waals surface area contributed by atoms with Crippen molar-refractivity contribution >= 4 is 11.9 Å². The minimum absolute atomic E-state index is 0.0818. The summed E-state index contributed by atoms with van der Waals surface area (Å²) >= 11 is 0. The highest BCUT2D eigenvalue weighted by Crippen LogP contribution is 2.55. The van der Waals surface area contributed by atoms with Crippen molar-refractivity contribution < 1.29 is 29.6 Å². The predicted octanol–water partition coefficient (Wildman–Crippen LogP) is 4.49. The number of hydrogen-bond donors (Lipinski definition) is 3. The summed E-state index contributed by atoms with van der Waals surface area (Å²) in [4.78, 5) is 25.0. The van der Waals surface area contributed by atoms with Crippen LogP contribution in [0.2, 0.25) is 0 Å². The number of carboxylic acid groups (broad SMARTS) is 1. The Hall–Kier alpha value is -3.80. The average molecular weight is 418 g/mol. The van der Waals surface area contributed by atoms with Crippen molar-refractivity contribution in [2.75, 3.05) is 0 Å². The van der Waals surface area contributed by atoms with Crippen molar-refractivity contribution in [2.45, 2.75) is 33.3 Å². The molecule has 158 valence electrons. The van der Waals surface area contributed by atoms with Crippen LogP contribution in [0, 0.1) is 27.7 Å². The number of rotatable bonds is 3. The van der Waals surface area contributed by atoms with Crippen LogP contribution >= 0.6 is 0 Å². The van der Waals surface area contributed by atoms with Crippen LogP contribution in [0.15, 0.2) is 42.5 Å². The molecule has 6 nitrogen and oxygen atoms in total. The largest absolute Gasteiger partial charge is 0.507 e. The number of aryl methyl sites for hydroxylation is 4. The highest BCUT2D eigenvalue weighted by molar-refractivity contribution is 6.06. The van der Waals surface area contributed by atoms with Crippen LogP contribution in [-0.4, -0.2) is 27.3 Å². The van der Waals surface area contributed by atoms with E-state index < -0.39 is 17.5 Å². The van der Waals surface area contributed by atoms with E-state index in [1.54, 1.807) is 58.0 Å². The first kappa shape index (κ1) is 20.5. The summed E-state index contributed by atoms with van der Waals surface area (Å²) in [5.74, 6) is -2.25. The maximum Gasteiger partial charge on any atom is 0.341 e. The zero-order valence-electron chi connectivity index (χ0n) is 17.6. The highest BCUT2D eigenvalue weighted by Gasteiger charge is 2.54. The molecule has 1 heterocycles. The van der Waals surface area contributed by atoms with Gasteiger partial charge in [0.1, 0.15) is 11.5 Å². The number of hydrogen-bond acceptors (Lipinski definition) is 5. The van der Waals surface area contributed by atoms with Gasteiger partial charge in [0.05, 0.1) is 11.1 Å². The van der Waals surface area contributed by atoms with Crippen LogP contribution in [0.3, 0.4) is 0 Å².